The van der Waals surface area contributed by atoms with Crippen LogP contribution in [0.3, 0.4) is 0 Å². The van der Waals surface area contributed by atoms with Crippen molar-refractivity contribution in [3.05, 3.63) is 11.6 Å². The predicted octanol–water partition coefficient (Wildman–Crippen LogP) is 0.951. The molecule has 2 heterocycles. The lowest BCUT2D eigenvalue weighted by atomic mass is 10.0. The summed E-state index contributed by atoms with van der Waals surface area (Å²) in [5.41, 5.74) is 1.00. The third kappa shape index (κ3) is 2.38. The largest absolute Gasteiger partial charge is 0.460 e. The van der Waals surface area contributed by atoms with Gasteiger partial charge in [-0.05, 0) is 18.4 Å². The van der Waals surface area contributed by atoms with E-state index in [-0.39, 0.29) is 30.6 Å². The molecule has 17 heavy (non-hydrogen) atoms. The average molecular weight is 239 g/mol. The van der Waals surface area contributed by atoms with Gasteiger partial charge >= 0.3 is 5.97 Å². The van der Waals surface area contributed by atoms with Crippen molar-refractivity contribution in [2.45, 2.75) is 38.8 Å². The highest BCUT2D eigenvalue weighted by atomic mass is 16.5. The summed E-state index contributed by atoms with van der Waals surface area (Å²) in [4.78, 5) is 14.1. The Labute approximate surface area is 102 Å². The fourth-order valence-electron chi connectivity index (χ4n) is 2.57. The number of hydrogen-bond acceptors (Lipinski definition) is 4. The van der Waals surface area contributed by atoms with E-state index in [1.807, 2.05) is 19.9 Å². The van der Waals surface area contributed by atoms with Crippen molar-refractivity contribution in [1.82, 2.24) is 4.90 Å². The standard InChI is InChI=1S/C13H21NO3/c1-3-9(2)13(16)17-11-5-7-14-6-4-10(8-15)12(11)14/h4,9,11-12,15H,3,5-8H2,1-2H3/t9?,11-,12-/m1/s1. The molecule has 0 aromatic carbocycles. The number of carbonyl (C=O) groups is 1. The van der Waals surface area contributed by atoms with Gasteiger partial charge in [0.15, 0.2) is 0 Å². The normalized spacial score (nSPS) is 29.9. The summed E-state index contributed by atoms with van der Waals surface area (Å²) in [5, 5.41) is 9.28. The maximum Gasteiger partial charge on any atom is 0.308 e. The Kier molecular flexibility index (Phi) is 3.84. The van der Waals surface area contributed by atoms with Crippen LogP contribution in [0.15, 0.2) is 11.6 Å². The fourth-order valence-corrected chi connectivity index (χ4v) is 2.57. The molecule has 0 aromatic rings. The van der Waals surface area contributed by atoms with Gasteiger partial charge in [-0.15, -0.1) is 0 Å². The molecule has 1 saturated heterocycles. The minimum atomic E-state index is -0.108. The topological polar surface area (TPSA) is 49.8 Å². The molecule has 3 atom stereocenters. The predicted molar refractivity (Wildman–Crippen MR) is 64.5 cm³/mol. The number of ether oxygens (including phenoxy) is 1. The number of hydrogen-bond donors (Lipinski definition) is 1. The molecule has 2 rings (SSSR count). The molecule has 0 aromatic heterocycles. The van der Waals surface area contributed by atoms with Crippen LogP contribution in [-0.4, -0.2) is 47.8 Å². The van der Waals surface area contributed by atoms with E-state index < -0.39 is 0 Å². The third-order valence-electron chi connectivity index (χ3n) is 3.88. The van der Waals surface area contributed by atoms with E-state index in [0.717, 1.165) is 31.5 Å². The molecule has 1 unspecified atom stereocenters. The van der Waals surface area contributed by atoms with Gasteiger partial charge in [-0.1, -0.05) is 19.9 Å². The third-order valence-corrected chi connectivity index (χ3v) is 3.88. The zero-order chi connectivity index (χ0) is 12.4. The molecule has 1 N–H and O–H groups in total. The zero-order valence-electron chi connectivity index (χ0n) is 10.6. The van der Waals surface area contributed by atoms with Gasteiger partial charge in [-0.25, -0.2) is 0 Å². The first-order valence-electron chi connectivity index (χ1n) is 6.41. The van der Waals surface area contributed by atoms with E-state index in [0.29, 0.717) is 0 Å². The van der Waals surface area contributed by atoms with E-state index in [1.165, 1.54) is 0 Å². The molecule has 4 nitrogen and oxygen atoms in total. The molecule has 0 bridgehead atoms. The second-order valence-corrected chi connectivity index (χ2v) is 4.95. The molecule has 0 radical (unpaired) electrons. The molecular weight excluding hydrogens is 218 g/mol. The Hall–Kier alpha value is -0.870. The second kappa shape index (κ2) is 5.19. The van der Waals surface area contributed by atoms with Gasteiger partial charge in [-0.3, -0.25) is 9.69 Å². The minimum absolute atomic E-state index is 0.0352. The Balaban J connectivity index is 1.98. The number of carbonyl (C=O) groups excluding carboxylic acids is 1. The Bertz CT molecular complexity index is 327. The highest BCUT2D eigenvalue weighted by Crippen LogP contribution is 2.31. The van der Waals surface area contributed by atoms with Crippen LogP contribution in [0.25, 0.3) is 0 Å². The van der Waals surface area contributed by atoms with Crippen LogP contribution in [0.4, 0.5) is 0 Å². The van der Waals surface area contributed by atoms with Crippen LogP contribution in [0.2, 0.25) is 0 Å². The fraction of sp³-hybridized carbons (Fsp3) is 0.769. The number of fused-ring (bicyclic) bond motifs is 1. The van der Waals surface area contributed by atoms with Gasteiger partial charge in [0, 0.05) is 13.1 Å². The Morgan fingerprint density at radius 2 is 2.47 bits per heavy atom. The molecule has 2 aliphatic heterocycles. The first kappa shape index (κ1) is 12.6. The van der Waals surface area contributed by atoms with Crippen molar-refractivity contribution in [2.24, 2.45) is 5.92 Å². The summed E-state index contributed by atoms with van der Waals surface area (Å²) < 4.78 is 5.58. The lowest BCUT2D eigenvalue weighted by molar-refractivity contribution is -0.154. The summed E-state index contributed by atoms with van der Waals surface area (Å²) in [6.45, 7) is 5.77. The SMILES string of the molecule is CCC(C)C(=O)O[C@@H]1CCN2CC=C(CO)[C@H]12. The maximum absolute atomic E-state index is 11.8. The van der Waals surface area contributed by atoms with Crippen LogP contribution < -0.4 is 0 Å². The second-order valence-electron chi connectivity index (χ2n) is 4.95. The van der Waals surface area contributed by atoms with E-state index >= 15 is 0 Å². The molecule has 0 saturated carbocycles. The van der Waals surface area contributed by atoms with Crippen LogP contribution in [0, 0.1) is 5.92 Å². The summed E-state index contributed by atoms with van der Waals surface area (Å²) in [7, 11) is 0. The average Bonchev–Trinajstić information content (AvgIpc) is 2.90. The van der Waals surface area contributed by atoms with Gasteiger partial charge in [0.2, 0.25) is 0 Å². The van der Waals surface area contributed by atoms with Crippen LogP contribution in [0.1, 0.15) is 26.7 Å². The van der Waals surface area contributed by atoms with Crippen LogP contribution in [-0.2, 0) is 9.53 Å². The zero-order valence-corrected chi connectivity index (χ0v) is 10.6. The van der Waals surface area contributed by atoms with Crippen molar-refractivity contribution in [3.8, 4) is 0 Å². The molecule has 0 aliphatic carbocycles. The van der Waals surface area contributed by atoms with Gasteiger partial charge in [-0.2, -0.15) is 0 Å². The number of esters is 1. The van der Waals surface area contributed by atoms with E-state index in [1.54, 1.807) is 0 Å². The molecule has 0 spiro atoms. The van der Waals surface area contributed by atoms with Crippen molar-refractivity contribution < 1.29 is 14.6 Å². The first-order valence-corrected chi connectivity index (χ1v) is 6.41. The van der Waals surface area contributed by atoms with E-state index in [9.17, 15) is 9.90 Å². The maximum atomic E-state index is 11.8. The first-order chi connectivity index (χ1) is 8.17. The molecule has 4 heteroatoms. The van der Waals surface area contributed by atoms with Crippen molar-refractivity contribution in [3.63, 3.8) is 0 Å². The smallest absolute Gasteiger partial charge is 0.308 e. The summed E-state index contributed by atoms with van der Waals surface area (Å²) in [6.07, 6.45) is 3.66. The molecule has 1 fully saturated rings. The van der Waals surface area contributed by atoms with Gasteiger partial charge in [0.25, 0.3) is 0 Å². The minimum Gasteiger partial charge on any atom is -0.460 e. The lowest BCUT2D eigenvalue weighted by Gasteiger charge is -2.24. The molecule has 2 aliphatic rings. The van der Waals surface area contributed by atoms with Gasteiger partial charge in [0.05, 0.1) is 18.6 Å². The molecular formula is C13H21NO3. The molecule has 96 valence electrons. The highest BCUT2D eigenvalue weighted by Gasteiger charge is 2.41. The van der Waals surface area contributed by atoms with Gasteiger partial charge < -0.3 is 9.84 Å². The van der Waals surface area contributed by atoms with Gasteiger partial charge in [0.1, 0.15) is 6.10 Å². The van der Waals surface area contributed by atoms with Crippen LogP contribution >= 0.6 is 0 Å². The number of rotatable bonds is 4. The highest BCUT2D eigenvalue weighted by molar-refractivity contribution is 5.72. The number of aliphatic hydroxyl groups is 1. The summed E-state index contributed by atoms with van der Waals surface area (Å²) in [5.74, 6) is -0.143. The Morgan fingerprint density at radius 1 is 1.71 bits per heavy atom. The summed E-state index contributed by atoms with van der Waals surface area (Å²) in [6, 6.07) is 0.119. The number of nitrogens with zero attached hydrogens (tertiary/aromatic N) is 1. The Morgan fingerprint density at radius 3 is 3.12 bits per heavy atom. The quantitative estimate of drug-likeness (QED) is 0.586. The van der Waals surface area contributed by atoms with Crippen molar-refractivity contribution in [1.29, 1.82) is 0 Å². The van der Waals surface area contributed by atoms with Crippen molar-refractivity contribution in [2.75, 3.05) is 19.7 Å². The lowest BCUT2D eigenvalue weighted by Crippen LogP contribution is -2.36. The van der Waals surface area contributed by atoms with E-state index in [4.69, 9.17) is 4.74 Å². The van der Waals surface area contributed by atoms with Crippen LogP contribution in [0.5, 0.6) is 0 Å². The molecule has 0 amide bonds. The monoisotopic (exact) mass is 239 g/mol. The van der Waals surface area contributed by atoms with E-state index in [2.05, 4.69) is 4.90 Å². The summed E-state index contributed by atoms with van der Waals surface area (Å²) >= 11 is 0. The van der Waals surface area contributed by atoms with Crippen molar-refractivity contribution >= 4 is 5.97 Å². The number of aliphatic hydroxyl groups excluding tert-OH is 1.